The molecule has 0 saturated carbocycles. The Morgan fingerprint density at radius 3 is 2.70 bits per heavy atom. The maximum Gasteiger partial charge on any atom is 0.237 e. The van der Waals surface area contributed by atoms with E-state index in [0.29, 0.717) is 13.2 Å². The zero-order chi connectivity index (χ0) is 15.9. The minimum Gasteiger partial charge on any atom is -0.489 e. The fraction of sp³-hybridized carbons (Fsp3) is 0.316. The molecule has 0 aromatic heterocycles. The number of nitrogens with one attached hydrogen (secondary N) is 2. The van der Waals surface area contributed by atoms with Crippen LogP contribution in [0.3, 0.4) is 0 Å². The van der Waals surface area contributed by atoms with Gasteiger partial charge in [-0.15, -0.1) is 0 Å². The van der Waals surface area contributed by atoms with Crippen LogP contribution in [0.15, 0.2) is 54.6 Å². The minimum atomic E-state index is -0.0487. The lowest BCUT2D eigenvalue weighted by atomic mass is 10.1. The normalized spacial score (nSPS) is 17.0. The fourth-order valence-electron chi connectivity index (χ4n) is 2.74. The molecule has 1 aliphatic rings. The molecule has 120 valence electrons. The van der Waals surface area contributed by atoms with Gasteiger partial charge in [-0.25, -0.2) is 0 Å². The lowest BCUT2D eigenvalue weighted by molar-refractivity contribution is -0.122. The van der Waals surface area contributed by atoms with Crippen LogP contribution in [0.1, 0.15) is 24.0 Å². The molecule has 2 aromatic rings. The highest BCUT2D eigenvalue weighted by molar-refractivity contribution is 5.82. The maximum absolute atomic E-state index is 12.1. The first-order valence-corrected chi connectivity index (χ1v) is 8.08. The third kappa shape index (κ3) is 4.33. The van der Waals surface area contributed by atoms with Crippen molar-refractivity contribution in [3.05, 3.63) is 65.7 Å². The van der Waals surface area contributed by atoms with Crippen LogP contribution in [0.5, 0.6) is 5.75 Å². The van der Waals surface area contributed by atoms with Gasteiger partial charge in [-0.3, -0.25) is 4.79 Å². The first-order chi connectivity index (χ1) is 11.3. The highest BCUT2D eigenvalue weighted by Crippen LogP contribution is 2.19. The molecule has 1 fully saturated rings. The van der Waals surface area contributed by atoms with Gasteiger partial charge in [0.1, 0.15) is 12.4 Å². The lowest BCUT2D eigenvalue weighted by Gasteiger charge is -2.14. The van der Waals surface area contributed by atoms with Crippen LogP contribution in [0.25, 0.3) is 0 Å². The van der Waals surface area contributed by atoms with Gasteiger partial charge in [-0.1, -0.05) is 48.5 Å². The fourth-order valence-corrected chi connectivity index (χ4v) is 2.74. The van der Waals surface area contributed by atoms with Crippen molar-refractivity contribution in [1.82, 2.24) is 10.6 Å². The molecular formula is C19H22N2O2. The van der Waals surface area contributed by atoms with Gasteiger partial charge in [0.2, 0.25) is 5.91 Å². The van der Waals surface area contributed by atoms with Crippen LogP contribution in [0.4, 0.5) is 0 Å². The van der Waals surface area contributed by atoms with E-state index in [1.54, 1.807) is 0 Å². The summed E-state index contributed by atoms with van der Waals surface area (Å²) in [4.78, 5) is 12.1. The molecule has 0 spiro atoms. The monoisotopic (exact) mass is 310 g/mol. The summed E-state index contributed by atoms with van der Waals surface area (Å²) in [6, 6.07) is 17.9. The molecule has 0 unspecified atom stereocenters. The summed E-state index contributed by atoms with van der Waals surface area (Å²) in [7, 11) is 0. The van der Waals surface area contributed by atoms with Crippen LogP contribution in [-0.4, -0.2) is 18.5 Å². The molecule has 1 aliphatic heterocycles. The number of hydrogen-bond acceptors (Lipinski definition) is 3. The van der Waals surface area contributed by atoms with Crippen LogP contribution in [0, 0.1) is 0 Å². The second kappa shape index (κ2) is 7.79. The van der Waals surface area contributed by atoms with Gasteiger partial charge in [0.05, 0.1) is 6.04 Å². The van der Waals surface area contributed by atoms with Crippen molar-refractivity contribution in [3.63, 3.8) is 0 Å². The van der Waals surface area contributed by atoms with Gasteiger partial charge in [0.25, 0.3) is 0 Å². The van der Waals surface area contributed by atoms with Crippen LogP contribution in [0.2, 0.25) is 0 Å². The summed E-state index contributed by atoms with van der Waals surface area (Å²) in [5.74, 6) is 0.886. The minimum absolute atomic E-state index is 0.0487. The first-order valence-electron chi connectivity index (χ1n) is 8.08. The lowest BCUT2D eigenvalue weighted by Crippen LogP contribution is -2.40. The van der Waals surface area contributed by atoms with E-state index in [4.69, 9.17) is 4.74 Å². The second-order valence-electron chi connectivity index (χ2n) is 5.75. The number of para-hydroxylation sites is 1. The Balaban J connectivity index is 1.58. The molecule has 2 aromatic carbocycles. The summed E-state index contributed by atoms with van der Waals surface area (Å²) in [6.07, 6.45) is 1.98. The number of ether oxygens (including phenoxy) is 1. The number of benzene rings is 2. The summed E-state index contributed by atoms with van der Waals surface area (Å²) >= 11 is 0. The van der Waals surface area contributed by atoms with Crippen molar-refractivity contribution < 1.29 is 9.53 Å². The highest BCUT2D eigenvalue weighted by atomic mass is 16.5. The molecule has 0 aliphatic carbocycles. The summed E-state index contributed by atoms with van der Waals surface area (Å²) in [5, 5.41) is 6.21. The molecule has 3 rings (SSSR count). The molecule has 4 nitrogen and oxygen atoms in total. The number of rotatable bonds is 6. The molecule has 1 saturated heterocycles. The number of hydrogen-bond donors (Lipinski definition) is 2. The predicted octanol–water partition coefficient (Wildman–Crippen LogP) is 2.63. The van der Waals surface area contributed by atoms with E-state index in [9.17, 15) is 4.79 Å². The van der Waals surface area contributed by atoms with E-state index in [0.717, 1.165) is 36.3 Å². The van der Waals surface area contributed by atoms with Crippen LogP contribution in [-0.2, 0) is 17.9 Å². The first kappa shape index (κ1) is 15.6. The predicted molar refractivity (Wildman–Crippen MR) is 90.1 cm³/mol. The Labute approximate surface area is 136 Å². The smallest absolute Gasteiger partial charge is 0.237 e. The standard InChI is InChI=1S/C19H22N2O2/c22-19(17-10-6-12-20-17)21-13-16-9-4-5-11-18(16)23-14-15-7-2-1-3-8-15/h1-5,7-9,11,17,20H,6,10,12-14H2,(H,21,22)/t17-/m0/s1. The number of carbonyl (C=O) groups excluding carboxylic acids is 1. The number of carbonyl (C=O) groups is 1. The average Bonchev–Trinajstić information content (AvgIpc) is 3.14. The van der Waals surface area contributed by atoms with E-state index in [1.807, 2.05) is 54.6 Å². The Morgan fingerprint density at radius 1 is 1.13 bits per heavy atom. The molecule has 4 heteroatoms. The van der Waals surface area contributed by atoms with Crippen molar-refractivity contribution in [2.75, 3.05) is 6.54 Å². The van der Waals surface area contributed by atoms with Crippen molar-refractivity contribution in [2.24, 2.45) is 0 Å². The second-order valence-corrected chi connectivity index (χ2v) is 5.75. The summed E-state index contributed by atoms with van der Waals surface area (Å²) in [6.45, 7) is 1.94. The van der Waals surface area contributed by atoms with E-state index >= 15 is 0 Å². The third-order valence-corrected chi connectivity index (χ3v) is 4.04. The molecule has 2 N–H and O–H groups in total. The van der Waals surface area contributed by atoms with Crippen molar-refractivity contribution in [2.45, 2.75) is 32.0 Å². The van der Waals surface area contributed by atoms with Gasteiger partial charge in [-0.2, -0.15) is 0 Å². The summed E-state index contributed by atoms with van der Waals surface area (Å²) < 4.78 is 5.91. The van der Waals surface area contributed by atoms with E-state index in [2.05, 4.69) is 10.6 Å². The molecule has 1 heterocycles. The Kier molecular flexibility index (Phi) is 5.27. The average molecular weight is 310 g/mol. The molecule has 23 heavy (non-hydrogen) atoms. The molecule has 0 bridgehead atoms. The van der Waals surface area contributed by atoms with E-state index in [1.165, 1.54) is 0 Å². The van der Waals surface area contributed by atoms with Crippen molar-refractivity contribution >= 4 is 5.91 Å². The molecule has 1 amide bonds. The van der Waals surface area contributed by atoms with Crippen molar-refractivity contribution in [3.8, 4) is 5.75 Å². The molecule has 0 radical (unpaired) electrons. The summed E-state index contributed by atoms with van der Waals surface area (Å²) in [5.41, 5.74) is 2.12. The van der Waals surface area contributed by atoms with Gasteiger partial charge < -0.3 is 15.4 Å². The van der Waals surface area contributed by atoms with E-state index < -0.39 is 0 Å². The van der Waals surface area contributed by atoms with Gasteiger partial charge in [-0.05, 0) is 31.0 Å². The van der Waals surface area contributed by atoms with Crippen LogP contribution < -0.4 is 15.4 Å². The van der Waals surface area contributed by atoms with Gasteiger partial charge >= 0.3 is 0 Å². The quantitative estimate of drug-likeness (QED) is 0.862. The Hall–Kier alpha value is -2.33. The largest absolute Gasteiger partial charge is 0.489 e. The highest BCUT2D eigenvalue weighted by Gasteiger charge is 2.21. The zero-order valence-corrected chi connectivity index (χ0v) is 13.1. The van der Waals surface area contributed by atoms with E-state index in [-0.39, 0.29) is 11.9 Å². The Bertz CT molecular complexity index is 637. The number of amides is 1. The topological polar surface area (TPSA) is 50.4 Å². The zero-order valence-electron chi connectivity index (χ0n) is 13.1. The Morgan fingerprint density at radius 2 is 1.91 bits per heavy atom. The van der Waals surface area contributed by atoms with Gasteiger partial charge in [0.15, 0.2) is 0 Å². The SMILES string of the molecule is O=C(NCc1ccccc1OCc1ccccc1)[C@@H]1CCCN1. The van der Waals surface area contributed by atoms with Gasteiger partial charge in [0, 0.05) is 12.1 Å². The molecule has 1 atom stereocenters. The van der Waals surface area contributed by atoms with Crippen LogP contribution >= 0.6 is 0 Å². The third-order valence-electron chi connectivity index (χ3n) is 4.04. The molecular weight excluding hydrogens is 288 g/mol. The van der Waals surface area contributed by atoms with Crippen molar-refractivity contribution in [1.29, 1.82) is 0 Å². The maximum atomic E-state index is 12.1.